The number of carbonyl (C=O) groups is 3. The first-order valence-electron chi connectivity index (χ1n) is 14.8. The van der Waals surface area contributed by atoms with E-state index in [0.29, 0.717) is 13.0 Å². The Balaban J connectivity index is 1.73. The Morgan fingerprint density at radius 1 is 0.837 bits per heavy atom. The van der Waals surface area contributed by atoms with Crippen molar-refractivity contribution in [3.63, 3.8) is 0 Å². The molecule has 3 N–H and O–H groups in total. The minimum Gasteiger partial charge on any atom is -0.381 e. The number of aliphatic hydroxyl groups excluding tert-OH is 1. The van der Waals surface area contributed by atoms with Crippen molar-refractivity contribution in [2.45, 2.75) is 77.8 Å². The van der Waals surface area contributed by atoms with Gasteiger partial charge in [-0.25, -0.2) is 0 Å². The molecule has 0 aromatic heterocycles. The van der Waals surface area contributed by atoms with Crippen LogP contribution in [0, 0.1) is 20.8 Å². The molecule has 0 fully saturated rings. The lowest BCUT2D eigenvalue weighted by atomic mass is 9.97. The van der Waals surface area contributed by atoms with Gasteiger partial charge in [-0.05, 0) is 67.0 Å². The third kappa shape index (κ3) is 10.9. The smallest absolute Gasteiger partial charge is 0.254 e. The molecule has 3 rings (SSSR count). The van der Waals surface area contributed by atoms with E-state index in [-0.39, 0.29) is 42.3 Å². The molecule has 230 valence electrons. The molecule has 7 nitrogen and oxygen atoms in total. The molecule has 0 saturated heterocycles. The Morgan fingerprint density at radius 3 is 2.12 bits per heavy atom. The molecule has 0 aliphatic rings. The van der Waals surface area contributed by atoms with Crippen LogP contribution in [0.3, 0.4) is 0 Å². The van der Waals surface area contributed by atoms with Crippen molar-refractivity contribution < 1.29 is 19.5 Å². The Morgan fingerprint density at radius 2 is 1.47 bits per heavy atom. The van der Waals surface area contributed by atoms with Crippen molar-refractivity contribution in [2.24, 2.45) is 0 Å². The van der Waals surface area contributed by atoms with E-state index < -0.39 is 18.1 Å². The highest BCUT2D eigenvalue weighted by Gasteiger charge is 2.32. The number of amides is 3. The van der Waals surface area contributed by atoms with E-state index in [1.54, 1.807) is 0 Å². The lowest BCUT2D eigenvalue weighted by Crippen LogP contribution is -2.54. The van der Waals surface area contributed by atoms with E-state index in [1.807, 2.05) is 107 Å². The SMILES string of the molecule is Cc1ccccc1CNC(=O)CN(CSC(C)C)C(=O)[C@@H](O)[C@H](Cc1ccccc1)NC(=O)CCc1c(C)cccc1C. The molecule has 0 radical (unpaired) electrons. The summed E-state index contributed by atoms with van der Waals surface area (Å²) in [5.74, 6) is -0.903. The number of nitrogens with zero attached hydrogens (tertiary/aromatic N) is 1. The molecule has 8 heteroatoms. The van der Waals surface area contributed by atoms with Gasteiger partial charge in [0.05, 0.1) is 11.9 Å². The number of hydrogen-bond acceptors (Lipinski definition) is 5. The highest BCUT2D eigenvalue weighted by molar-refractivity contribution is 7.99. The van der Waals surface area contributed by atoms with E-state index >= 15 is 0 Å². The fourth-order valence-electron chi connectivity index (χ4n) is 4.89. The van der Waals surface area contributed by atoms with Gasteiger partial charge in [0, 0.05) is 18.2 Å². The summed E-state index contributed by atoms with van der Waals surface area (Å²) in [6.45, 7) is 10.2. The molecule has 3 aromatic carbocycles. The van der Waals surface area contributed by atoms with Crippen LogP contribution in [0.4, 0.5) is 0 Å². The molecule has 3 amide bonds. The molecular formula is C35H45N3O4S. The van der Waals surface area contributed by atoms with Gasteiger partial charge in [-0.15, -0.1) is 11.8 Å². The van der Waals surface area contributed by atoms with Crippen molar-refractivity contribution in [1.29, 1.82) is 0 Å². The summed E-state index contributed by atoms with van der Waals surface area (Å²) < 4.78 is 0. The van der Waals surface area contributed by atoms with Crippen molar-refractivity contribution >= 4 is 29.5 Å². The van der Waals surface area contributed by atoms with E-state index in [4.69, 9.17) is 0 Å². The zero-order valence-corrected chi connectivity index (χ0v) is 26.7. The van der Waals surface area contributed by atoms with Crippen LogP contribution in [0.15, 0.2) is 72.8 Å². The Labute approximate surface area is 260 Å². The summed E-state index contributed by atoms with van der Waals surface area (Å²) in [5, 5.41) is 17.5. The zero-order chi connectivity index (χ0) is 31.4. The molecule has 0 bridgehead atoms. The van der Waals surface area contributed by atoms with Gasteiger partial charge >= 0.3 is 0 Å². The summed E-state index contributed by atoms with van der Waals surface area (Å²) in [7, 11) is 0. The Kier molecular flexibility index (Phi) is 13.3. The van der Waals surface area contributed by atoms with Crippen molar-refractivity contribution in [3.05, 3.63) is 106 Å². The van der Waals surface area contributed by atoms with Gasteiger partial charge in [0.25, 0.3) is 5.91 Å². The van der Waals surface area contributed by atoms with Gasteiger partial charge in [0.1, 0.15) is 6.54 Å². The largest absolute Gasteiger partial charge is 0.381 e. The summed E-state index contributed by atoms with van der Waals surface area (Å²) in [5.41, 5.74) is 6.33. The fraction of sp³-hybridized carbons (Fsp3) is 0.400. The van der Waals surface area contributed by atoms with Crippen LogP contribution < -0.4 is 10.6 Å². The predicted molar refractivity (Wildman–Crippen MR) is 175 cm³/mol. The monoisotopic (exact) mass is 603 g/mol. The van der Waals surface area contributed by atoms with E-state index in [1.165, 1.54) is 16.7 Å². The second kappa shape index (κ2) is 16.9. The second-order valence-corrected chi connectivity index (χ2v) is 12.8. The van der Waals surface area contributed by atoms with Crippen molar-refractivity contribution in [1.82, 2.24) is 15.5 Å². The Bertz CT molecular complexity index is 1340. The molecule has 0 heterocycles. The average molecular weight is 604 g/mol. The number of hydrogen-bond donors (Lipinski definition) is 3. The highest BCUT2D eigenvalue weighted by atomic mass is 32.2. The minimum absolute atomic E-state index is 0.194. The lowest BCUT2D eigenvalue weighted by Gasteiger charge is -2.30. The number of aliphatic hydroxyl groups is 1. The predicted octanol–water partition coefficient (Wildman–Crippen LogP) is 4.88. The number of aryl methyl sites for hydroxylation is 3. The van der Waals surface area contributed by atoms with Gasteiger partial charge in [0.15, 0.2) is 6.10 Å². The van der Waals surface area contributed by atoms with Gasteiger partial charge in [0.2, 0.25) is 11.8 Å². The quantitative estimate of drug-likeness (QED) is 0.215. The average Bonchev–Trinajstić information content (AvgIpc) is 2.98. The Hall–Kier alpha value is -3.62. The summed E-state index contributed by atoms with van der Waals surface area (Å²) in [4.78, 5) is 41.2. The summed E-state index contributed by atoms with van der Waals surface area (Å²) in [6.07, 6.45) is -0.467. The number of thioether (sulfide) groups is 1. The highest BCUT2D eigenvalue weighted by Crippen LogP contribution is 2.17. The maximum absolute atomic E-state index is 13.7. The number of rotatable bonds is 15. The van der Waals surface area contributed by atoms with Crippen LogP contribution in [0.5, 0.6) is 0 Å². The van der Waals surface area contributed by atoms with Crippen LogP contribution in [0.25, 0.3) is 0 Å². The maximum atomic E-state index is 13.7. The van der Waals surface area contributed by atoms with Crippen molar-refractivity contribution in [3.8, 4) is 0 Å². The molecule has 3 aromatic rings. The van der Waals surface area contributed by atoms with Crippen molar-refractivity contribution in [2.75, 3.05) is 12.4 Å². The van der Waals surface area contributed by atoms with E-state index in [0.717, 1.165) is 33.4 Å². The molecular weight excluding hydrogens is 558 g/mol. The fourth-order valence-corrected chi connectivity index (χ4v) is 5.58. The molecule has 0 spiro atoms. The lowest BCUT2D eigenvalue weighted by molar-refractivity contribution is -0.144. The van der Waals surface area contributed by atoms with Crippen LogP contribution in [0.2, 0.25) is 0 Å². The van der Waals surface area contributed by atoms with Gasteiger partial charge < -0.3 is 20.6 Å². The van der Waals surface area contributed by atoms with E-state index in [9.17, 15) is 19.5 Å². The zero-order valence-electron chi connectivity index (χ0n) is 25.9. The number of benzene rings is 3. The molecule has 2 atom stereocenters. The standard InChI is InChI=1S/C35H45N3O4S/c1-24(2)43-23-38(22-33(40)36-21-29-17-10-9-12-25(29)3)35(42)34(41)31(20-28-15-7-6-8-16-28)37-32(39)19-18-30-26(4)13-11-14-27(30)5/h6-17,24,31,34,41H,18-23H2,1-5H3,(H,36,40)(H,37,39)/t31-,34-/m0/s1. The van der Waals surface area contributed by atoms with Gasteiger partial charge in [-0.1, -0.05) is 86.6 Å². The second-order valence-electron chi connectivity index (χ2n) is 11.3. The van der Waals surface area contributed by atoms with Gasteiger partial charge in [-0.3, -0.25) is 14.4 Å². The summed E-state index contributed by atoms with van der Waals surface area (Å²) in [6, 6.07) is 22.5. The molecule has 0 saturated carbocycles. The molecule has 0 aliphatic carbocycles. The number of nitrogens with one attached hydrogen (secondary N) is 2. The minimum atomic E-state index is -1.53. The first kappa shape index (κ1) is 33.9. The third-order valence-electron chi connectivity index (χ3n) is 7.47. The first-order valence-corrected chi connectivity index (χ1v) is 15.9. The van der Waals surface area contributed by atoms with Gasteiger partial charge in [-0.2, -0.15) is 0 Å². The normalized spacial score (nSPS) is 12.4. The van der Waals surface area contributed by atoms with Crippen LogP contribution >= 0.6 is 11.8 Å². The maximum Gasteiger partial charge on any atom is 0.254 e. The van der Waals surface area contributed by atoms with Crippen LogP contribution in [-0.4, -0.2) is 57.5 Å². The molecule has 0 unspecified atom stereocenters. The molecule has 43 heavy (non-hydrogen) atoms. The third-order valence-corrected chi connectivity index (χ3v) is 8.60. The molecule has 0 aliphatic heterocycles. The van der Waals surface area contributed by atoms with E-state index in [2.05, 4.69) is 10.6 Å². The number of carbonyl (C=O) groups excluding carboxylic acids is 3. The summed E-state index contributed by atoms with van der Waals surface area (Å²) >= 11 is 1.51. The van der Waals surface area contributed by atoms with Crippen LogP contribution in [-0.2, 0) is 33.8 Å². The van der Waals surface area contributed by atoms with Crippen LogP contribution in [0.1, 0.15) is 53.6 Å². The first-order chi connectivity index (χ1) is 20.5. The topological polar surface area (TPSA) is 98.7 Å².